The second kappa shape index (κ2) is 6.70. The highest BCUT2D eigenvalue weighted by molar-refractivity contribution is 5.95. The number of aliphatic hydroxyl groups is 1. The van der Waals surface area contributed by atoms with Crippen molar-refractivity contribution in [2.45, 2.75) is 71.6 Å². The molecule has 1 spiro atoms. The van der Waals surface area contributed by atoms with Gasteiger partial charge in [0.2, 0.25) is 0 Å². The van der Waals surface area contributed by atoms with Gasteiger partial charge in [0.05, 0.1) is 12.0 Å². The van der Waals surface area contributed by atoms with Crippen molar-refractivity contribution in [2.75, 3.05) is 20.7 Å². The van der Waals surface area contributed by atoms with Crippen LogP contribution in [0.15, 0.2) is 23.3 Å². The van der Waals surface area contributed by atoms with Crippen molar-refractivity contribution in [1.29, 1.82) is 0 Å². The topological polar surface area (TPSA) is 85.3 Å². The molecule has 4 aliphatic carbocycles. The number of ketones is 1. The minimum absolute atomic E-state index is 0.0154. The standard InChI is InChI=1S/C26H37NO6/c1-13-11-25-14(2)9-17-18(23(17,3)4)16(19(25)28)10-15-12-31-24(5,6)33-21(15)26(25,30)20(13)32-22(29)27(7)8/h10-11,14,16-18,20-21,30H,9,12H2,1-8H3/t14-,16+,17-,18+,20?,21-,25+,26-/m1/s1. The van der Waals surface area contributed by atoms with Crippen LogP contribution in [0.4, 0.5) is 4.79 Å². The Morgan fingerprint density at radius 2 is 1.91 bits per heavy atom. The van der Waals surface area contributed by atoms with Crippen LogP contribution < -0.4 is 0 Å². The van der Waals surface area contributed by atoms with Gasteiger partial charge in [-0.3, -0.25) is 4.79 Å². The van der Waals surface area contributed by atoms with Crippen molar-refractivity contribution in [1.82, 2.24) is 4.90 Å². The number of Topliss-reactive ketones (excluding diaryl/α,β-unsaturated/α-hetero) is 1. The zero-order valence-corrected chi connectivity index (χ0v) is 21.0. The first-order valence-corrected chi connectivity index (χ1v) is 12.0. The lowest BCUT2D eigenvalue weighted by Crippen LogP contribution is -2.68. The number of hydrogen-bond acceptors (Lipinski definition) is 6. The first-order valence-electron chi connectivity index (χ1n) is 12.0. The summed E-state index contributed by atoms with van der Waals surface area (Å²) in [4.78, 5) is 28.5. The summed E-state index contributed by atoms with van der Waals surface area (Å²) >= 11 is 0. The molecule has 1 N–H and O–H groups in total. The smallest absolute Gasteiger partial charge is 0.409 e. The van der Waals surface area contributed by atoms with E-state index >= 15 is 0 Å². The van der Waals surface area contributed by atoms with E-state index in [9.17, 15) is 14.7 Å². The number of ether oxygens (including phenoxy) is 3. The van der Waals surface area contributed by atoms with Gasteiger partial charge >= 0.3 is 6.09 Å². The van der Waals surface area contributed by atoms with E-state index in [4.69, 9.17) is 14.2 Å². The summed E-state index contributed by atoms with van der Waals surface area (Å²) in [7, 11) is 3.21. The lowest BCUT2D eigenvalue weighted by Gasteiger charge is -2.52. The lowest BCUT2D eigenvalue weighted by molar-refractivity contribution is -0.303. The van der Waals surface area contributed by atoms with Crippen LogP contribution in [0.3, 0.4) is 0 Å². The minimum Gasteiger partial charge on any atom is -0.438 e. The van der Waals surface area contributed by atoms with Crippen LogP contribution in [0.2, 0.25) is 0 Å². The summed E-state index contributed by atoms with van der Waals surface area (Å²) in [5.41, 5.74) is -1.45. The zero-order valence-electron chi connectivity index (χ0n) is 21.0. The molecule has 1 unspecified atom stereocenters. The maximum absolute atomic E-state index is 14.5. The van der Waals surface area contributed by atoms with Crippen LogP contribution >= 0.6 is 0 Å². The van der Waals surface area contributed by atoms with E-state index in [1.165, 1.54) is 4.90 Å². The predicted octanol–water partition coefficient (Wildman–Crippen LogP) is 3.32. The van der Waals surface area contributed by atoms with Gasteiger partial charge in [0.25, 0.3) is 0 Å². The Hall–Kier alpha value is -1.70. The highest BCUT2D eigenvalue weighted by Gasteiger charge is 2.77. The van der Waals surface area contributed by atoms with E-state index < -0.39 is 35.1 Å². The molecule has 7 nitrogen and oxygen atoms in total. The van der Waals surface area contributed by atoms with Gasteiger partial charge in [-0.1, -0.05) is 32.9 Å². The lowest BCUT2D eigenvalue weighted by atomic mass is 9.59. The number of nitrogens with zero attached hydrogens (tertiary/aromatic N) is 1. The fourth-order valence-electron chi connectivity index (χ4n) is 7.51. The Morgan fingerprint density at radius 1 is 1.24 bits per heavy atom. The summed E-state index contributed by atoms with van der Waals surface area (Å²) in [5, 5.41) is 12.8. The van der Waals surface area contributed by atoms with Crippen LogP contribution in [-0.2, 0) is 19.0 Å². The fraction of sp³-hybridized carbons (Fsp3) is 0.769. The molecule has 0 aromatic rings. The highest BCUT2D eigenvalue weighted by Crippen LogP contribution is 2.72. The SMILES string of the molecule is CC1=C[C@]23C(=O)[C@@H](C=C4COC(C)(C)O[C@H]4[C@]2(O)C1OC(=O)N(C)C)[C@H]1[C@@H](C[C@H]3C)C1(C)C. The molecule has 0 aromatic carbocycles. The first-order chi connectivity index (χ1) is 15.2. The van der Waals surface area contributed by atoms with Crippen LogP contribution in [-0.4, -0.2) is 66.2 Å². The number of amides is 1. The van der Waals surface area contributed by atoms with Crippen LogP contribution in [0.25, 0.3) is 0 Å². The summed E-state index contributed by atoms with van der Waals surface area (Å²) in [6.45, 7) is 12.3. The van der Waals surface area contributed by atoms with E-state index in [0.717, 1.165) is 12.0 Å². The summed E-state index contributed by atoms with van der Waals surface area (Å²) in [5.74, 6) is -0.793. The van der Waals surface area contributed by atoms with E-state index in [1.807, 2.05) is 32.9 Å². The zero-order chi connectivity index (χ0) is 24.3. The third-order valence-corrected chi connectivity index (χ3v) is 9.25. The molecule has 33 heavy (non-hydrogen) atoms. The molecule has 3 fully saturated rings. The molecule has 2 saturated carbocycles. The molecule has 8 atom stereocenters. The first kappa shape index (κ1) is 23.1. The summed E-state index contributed by atoms with van der Waals surface area (Å²) in [6.07, 6.45) is 2.36. The Bertz CT molecular complexity index is 979. The van der Waals surface area contributed by atoms with Gasteiger partial charge in [0.15, 0.2) is 23.3 Å². The van der Waals surface area contributed by atoms with E-state index in [2.05, 4.69) is 20.8 Å². The maximum Gasteiger partial charge on any atom is 0.409 e. The Morgan fingerprint density at radius 3 is 2.55 bits per heavy atom. The van der Waals surface area contributed by atoms with Gasteiger partial charge in [0, 0.05) is 20.0 Å². The number of allylic oxidation sites excluding steroid dienone is 1. The quantitative estimate of drug-likeness (QED) is 0.606. The number of carbonyl (C=O) groups excluding carboxylic acids is 2. The fourth-order valence-corrected chi connectivity index (χ4v) is 7.51. The normalized spacial score (nSPS) is 46.5. The number of carbonyl (C=O) groups is 2. The minimum atomic E-state index is -1.76. The molecule has 2 bridgehead atoms. The van der Waals surface area contributed by atoms with Gasteiger partial charge in [-0.05, 0) is 61.5 Å². The van der Waals surface area contributed by atoms with Gasteiger partial charge in [-0.25, -0.2) is 4.79 Å². The molecule has 7 heteroatoms. The molecule has 5 aliphatic rings. The molecule has 182 valence electrons. The van der Waals surface area contributed by atoms with Crippen molar-refractivity contribution in [3.8, 4) is 0 Å². The predicted molar refractivity (Wildman–Crippen MR) is 121 cm³/mol. The Balaban J connectivity index is 1.73. The number of fused-ring (bicyclic) bond motifs is 5. The van der Waals surface area contributed by atoms with Gasteiger partial charge in [0.1, 0.15) is 6.10 Å². The average Bonchev–Trinajstić information content (AvgIpc) is 3.20. The van der Waals surface area contributed by atoms with Crippen molar-refractivity contribution >= 4 is 11.9 Å². The van der Waals surface area contributed by atoms with E-state index in [0.29, 0.717) is 11.5 Å². The van der Waals surface area contributed by atoms with Gasteiger partial charge in [-0.2, -0.15) is 0 Å². The summed E-state index contributed by atoms with van der Waals surface area (Å²) in [6, 6.07) is 0. The Kier molecular flexibility index (Phi) is 4.68. The van der Waals surface area contributed by atoms with Crippen molar-refractivity contribution in [3.05, 3.63) is 23.3 Å². The third-order valence-electron chi connectivity index (χ3n) is 9.25. The molecular weight excluding hydrogens is 422 g/mol. The summed E-state index contributed by atoms with van der Waals surface area (Å²) < 4.78 is 18.3. The molecular formula is C26H37NO6. The monoisotopic (exact) mass is 459 g/mol. The average molecular weight is 460 g/mol. The van der Waals surface area contributed by atoms with Gasteiger partial charge < -0.3 is 24.2 Å². The Labute approximate surface area is 196 Å². The van der Waals surface area contributed by atoms with Crippen LogP contribution in [0, 0.1) is 34.5 Å². The van der Waals surface area contributed by atoms with Crippen molar-refractivity contribution < 1.29 is 28.9 Å². The molecule has 1 amide bonds. The van der Waals surface area contributed by atoms with Gasteiger partial charge in [-0.15, -0.1) is 0 Å². The molecule has 1 aliphatic heterocycles. The van der Waals surface area contributed by atoms with Crippen molar-refractivity contribution in [2.24, 2.45) is 34.5 Å². The maximum atomic E-state index is 14.5. The van der Waals surface area contributed by atoms with Crippen molar-refractivity contribution in [3.63, 3.8) is 0 Å². The molecule has 1 saturated heterocycles. The number of hydrogen-bond donors (Lipinski definition) is 1. The molecule has 0 aromatic heterocycles. The molecule has 0 radical (unpaired) electrons. The molecule has 1 heterocycles. The third kappa shape index (κ3) is 2.79. The van der Waals surface area contributed by atoms with Crippen LogP contribution in [0.5, 0.6) is 0 Å². The second-order valence-corrected chi connectivity index (χ2v) is 12.1. The number of rotatable bonds is 1. The second-order valence-electron chi connectivity index (χ2n) is 12.1. The molecule has 5 rings (SSSR count). The van der Waals surface area contributed by atoms with E-state index in [1.54, 1.807) is 14.1 Å². The van der Waals surface area contributed by atoms with E-state index in [-0.39, 0.29) is 35.6 Å². The largest absolute Gasteiger partial charge is 0.438 e. The highest BCUT2D eigenvalue weighted by atomic mass is 16.7. The van der Waals surface area contributed by atoms with Crippen LogP contribution in [0.1, 0.15) is 48.0 Å².